The lowest BCUT2D eigenvalue weighted by atomic mass is 9.94. The first-order valence-corrected chi connectivity index (χ1v) is 8.47. The molecule has 2 N–H and O–H groups in total. The lowest BCUT2D eigenvalue weighted by molar-refractivity contribution is 0.417. The van der Waals surface area contributed by atoms with Gasteiger partial charge in [-0.15, -0.1) is 0 Å². The Bertz CT molecular complexity index is 307. The van der Waals surface area contributed by atoms with Gasteiger partial charge in [-0.25, -0.2) is 0 Å². The summed E-state index contributed by atoms with van der Waals surface area (Å²) < 4.78 is 0. The molecule has 0 spiro atoms. The molecule has 0 aromatic rings. The third-order valence-electron chi connectivity index (χ3n) is 4.01. The van der Waals surface area contributed by atoms with Gasteiger partial charge in [0.05, 0.1) is 0 Å². The van der Waals surface area contributed by atoms with Crippen LogP contribution in [0.15, 0.2) is 16.3 Å². The third-order valence-corrected chi connectivity index (χ3v) is 4.01. The highest BCUT2D eigenvalue weighted by Crippen LogP contribution is 2.18. The van der Waals surface area contributed by atoms with Gasteiger partial charge in [0.2, 0.25) is 0 Å². The summed E-state index contributed by atoms with van der Waals surface area (Å²) in [5.41, 5.74) is 9.47. The SMILES string of the molecule is CCCC(CCC)CCN=C(C(C)=C(N)CC)C(C)C. The predicted molar refractivity (Wildman–Crippen MR) is 92.2 cm³/mol. The van der Waals surface area contributed by atoms with Gasteiger partial charge in [-0.2, -0.15) is 0 Å². The van der Waals surface area contributed by atoms with E-state index in [0.717, 1.165) is 24.6 Å². The zero-order valence-electron chi connectivity index (χ0n) is 14.6. The molecule has 0 aliphatic heterocycles. The molecule has 0 radical (unpaired) electrons. The third kappa shape index (κ3) is 7.12. The summed E-state index contributed by atoms with van der Waals surface area (Å²) in [6, 6.07) is 0. The minimum absolute atomic E-state index is 0.455. The van der Waals surface area contributed by atoms with Gasteiger partial charge in [0, 0.05) is 18.0 Å². The molecule has 0 saturated heterocycles. The monoisotopic (exact) mass is 280 g/mol. The number of nitrogens with two attached hydrogens (primary N) is 1. The van der Waals surface area contributed by atoms with Crippen molar-refractivity contribution >= 4 is 5.71 Å². The highest BCUT2D eigenvalue weighted by Gasteiger charge is 2.11. The summed E-state index contributed by atoms with van der Waals surface area (Å²) >= 11 is 0. The van der Waals surface area contributed by atoms with E-state index in [9.17, 15) is 0 Å². The second kappa shape index (κ2) is 10.9. The molecule has 0 aromatic carbocycles. The number of aliphatic imine (C=N–C) groups is 1. The molecule has 20 heavy (non-hydrogen) atoms. The van der Waals surface area contributed by atoms with Crippen LogP contribution < -0.4 is 5.73 Å². The molecule has 0 fully saturated rings. The molecule has 2 nitrogen and oxygen atoms in total. The van der Waals surface area contributed by atoms with Gasteiger partial charge in [0.1, 0.15) is 0 Å². The number of hydrogen-bond acceptors (Lipinski definition) is 2. The molecule has 2 heteroatoms. The molecule has 0 rings (SSSR count). The maximum atomic E-state index is 6.08. The van der Waals surface area contributed by atoms with Gasteiger partial charge >= 0.3 is 0 Å². The van der Waals surface area contributed by atoms with Crippen LogP contribution in [0.4, 0.5) is 0 Å². The van der Waals surface area contributed by atoms with Gasteiger partial charge < -0.3 is 5.73 Å². The number of allylic oxidation sites excluding steroid dienone is 2. The van der Waals surface area contributed by atoms with E-state index in [-0.39, 0.29) is 0 Å². The fourth-order valence-electron chi connectivity index (χ4n) is 2.78. The van der Waals surface area contributed by atoms with Crippen molar-refractivity contribution in [2.75, 3.05) is 6.54 Å². The maximum Gasteiger partial charge on any atom is 0.0419 e. The Hall–Kier alpha value is -0.790. The highest BCUT2D eigenvalue weighted by molar-refractivity contribution is 6.01. The Morgan fingerprint density at radius 2 is 1.55 bits per heavy atom. The van der Waals surface area contributed by atoms with E-state index in [2.05, 4.69) is 41.5 Å². The summed E-state index contributed by atoms with van der Waals surface area (Å²) in [5.74, 6) is 1.30. The van der Waals surface area contributed by atoms with E-state index < -0.39 is 0 Å². The van der Waals surface area contributed by atoms with Crippen LogP contribution in [-0.4, -0.2) is 12.3 Å². The van der Waals surface area contributed by atoms with E-state index in [1.807, 2.05) is 0 Å². The zero-order valence-corrected chi connectivity index (χ0v) is 14.6. The van der Waals surface area contributed by atoms with E-state index in [1.54, 1.807) is 0 Å². The molecule has 0 aliphatic carbocycles. The Balaban J connectivity index is 4.71. The second-order valence-electron chi connectivity index (χ2n) is 6.16. The van der Waals surface area contributed by atoms with Crippen molar-refractivity contribution in [2.45, 2.75) is 80.1 Å². The average Bonchev–Trinajstić information content (AvgIpc) is 2.41. The summed E-state index contributed by atoms with van der Waals surface area (Å²) in [5, 5.41) is 0. The van der Waals surface area contributed by atoms with E-state index >= 15 is 0 Å². The van der Waals surface area contributed by atoms with Crippen molar-refractivity contribution in [3.05, 3.63) is 11.3 Å². The standard InChI is InChI=1S/C18H36N2/c1-7-10-16(11-8-2)12-13-20-18(14(4)5)15(6)17(19)9-3/h14,16H,7-13,19H2,1-6H3. The van der Waals surface area contributed by atoms with Crippen LogP contribution in [0.25, 0.3) is 0 Å². The van der Waals surface area contributed by atoms with Gasteiger partial charge in [-0.3, -0.25) is 4.99 Å². The normalized spacial score (nSPS) is 14.1. The highest BCUT2D eigenvalue weighted by atomic mass is 14.7. The Labute approximate surface area is 126 Å². The van der Waals surface area contributed by atoms with E-state index in [1.165, 1.54) is 43.4 Å². The minimum atomic E-state index is 0.455. The minimum Gasteiger partial charge on any atom is -0.402 e. The van der Waals surface area contributed by atoms with Crippen LogP contribution in [0.3, 0.4) is 0 Å². The van der Waals surface area contributed by atoms with Gasteiger partial charge in [-0.1, -0.05) is 60.3 Å². The molecular formula is C18H36N2. The van der Waals surface area contributed by atoms with Crippen molar-refractivity contribution in [3.63, 3.8) is 0 Å². The van der Waals surface area contributed by atoms with Gasteiger partial charge in [0.25, 0.3) is 0 Å². The van der Waals surface area contributed by atoms with Crippen LogP contribution in [0.1, 0.15) is 80.1 Å². The molecule has 0 bridgehead atoms. The lowest BCUT2D eigenvalue weighted by Gasteiger charge is -2.16. The smallest absolute Gasteiger partial charge is 0.0419 e. The van der Waals surface area contributed by atoms with Crippen molar-refractivity contribution < 1.29 is 0 Å². The first-order chi connectivity index (χ1) is 9.47. The summed E-state index contributed by atoms with van der Waals surface area (Å²) in [6.45, 7) is 14.2. The second-order valence-corrected chi connectivity index (χ2v) is 6.16. The molecule has 118 valence electrons. The maximum absolute atomic E-state index is 6.08. The topological polar surface area (TPSA) is 38.4 Å². The van der Waals surface area contributed by atoms with Crippen molar-refractivity contribution in [2.24, 2.45) is 22.6 Å². The summed E-state index contributed by atoms with van der Waals surface area (Å²) in [7, 11) is 0. The summed E-state index contributed by atoms with van der Waals surface area (Å²) in [6.07, 6.45) is 7.38. The van der Waals surface area contributed by atoms with Crippen LogP contribution in [0, 0.1) is 11.8 Å². The molecule has 0 amide bonds. The Morgan fingerprint density at radius 1 is 1.00 bits per heavy atom. The first kappa shape index (κ1) is 19.2. The van der Waals surface area contributed by atoms with Crippen LogP contribution >= 0.6 is 0 Å². The van der Waals surface area contributed by atoms with Crippen LogP contribution in [0.2, 0.25) is 0 Å². The Kier molecular flexibility index (Phi) is 10.5. The van der Waals surface area contributed by atoms with Gasteiger partial charge in [-0.05, 0) is 37.2 Å². The number of rotatable bonds is 10. The van der Waals surface area contributed by atoms with E-state index in [0.29, 0.717) is 5.92 Å². The van der Waals surface area contributed by atoms with Crippen LogP contribution in [0.5, 0.6) is 0 Å². The molecule has 0 aliphatic rings. The first-order valence-electron chi connectivity index (χ1n) is 8.47. The molecule has 0 heterocycles. The van der Waals surface area contributed by atoms with E-state index in [4.69, 9.17) is 10.7 Å². The lowest BCUT2D eigenvalue weighted by Crippen LogP contribution is -2.15. The molecular weight excluding hydrogens is 244 g/mol. The predicted octanol–water partition coefficient (Wildman–Crippen LogP) is 5.33. The van der Waals surface area contributed by atoms with Gasteiger partial charge in [0.15, 0.2) is 0 Å². The number of nitrogens with zero attached hydrogens (tertiary/aromatic N) is 1. The average molecular weight is 280 g/mol. The largest absolute Gasteiger partial charge is 0.402 e. The van der Waals surface area contributed by atoms with Crippen molar-refractivity contribution in [1.82, 2.24) is 0 Å². The van der Waals surface area contributed by atoms with Crippen LogP contribution in [-0.2, 0) is 0 Å². The fraction of sp³-hybridized carbons (Fsp3) is 0.833. The summed E-state index contributed by atoms with van der Waals surface area (Å²) in [4.78, 5) is 4.88. The fourth-order valence-corrected chi connectivity index (χ4v) is 2.78. The molecule has 0 saturated carbocycles. The van der Waals surface area contributed by atoms with Crippen molar-refractivity contribution in [3.8, 4) is 0 Å². The molecule has 0 atom stereocenters. The zero-order chi connectivity index (χ0) is 15.5. The Morgan fingerprint density at radius 3 is 1.95 bits per heavy atom. The quantitative estimate of drug-likeness (QED) is 0.539. The molecule has 0 aromatic heterocycles. The number of hydrogen-bond donors (Lipinski definition) is 1. The molecule has 0 unspecified atom stereocenters. The van der Waals surface area contributed by atoms with Crippen molar-refractivity contribution in [1.29, 1.82) is 0 Å².